The van der Waals surface area contributed by atoms with Crippen LogP contribution in [0.1, 0.15) is 24.5 Å². The van der Waals surface area contributed by atoms with E-state index in [1.807, 2.05) is 19.1 Å². The first kappa shape index (κ1) is 17.2. The van der Waals surface area contributed by atoms with Gasteiger partial charge in [0.1, 0.15) is 24.1 Å². The lowest BCUT2D eigenvalue weighted by Crippen LogP contribution is -2.56. The quantitative estimate of drug-likeness (QED) is 0.839. The molecule has 1 fully saturated rings. The molecule has 132 valence electrons. The van der Waals surface area contributed by atoms with E-state index in [4.69, 9.17) is 9.47 Å². The van der Waals surface area contributed by atoms with E-state index in [9.17, 15) is 15.0 Å². The van der Waals surface area contributed by atoms with Crippen molar-refractivity contribution < 1.29 is 24.5 Å². The number of aliphatic hydroxyl groups excluding tert-OH is 2. The molecule has 6 heteroatoms. The van der Waals surface area contributed by atoms with Crippen LogP contribution in [0.4, 0.5) is 0 Å². The summed E-state index contributed by atoms with van der Waals surface area (Å²) in [6, 6.07) is 5.56. The Kier molecular flexibility index (Phi) is 5.08. The first-order chi connectivity index (χ1) is 11.5. The molecule has 2 aliphatic heterocycles. The summed E-state index contributed by atoms with van der Waals surface area (Å²) < 4.78 is 10.9. The molecule has 2 aliphatic rings. The number of benzene rings is 1. The first-order valence-electron chi connectivity index (χ1n) is 8.43. The van der Waals surface area contributed by atoms with Crippen molar-refractivity contribution in [2.24, 2.45) is 0 Å². The maximum absolute atomic E-state index is 12.4. The maximum Gasteiger partial charge on any atom is 0.223 e. The third-order valence-electron chi connectivity index (χ3n) is 4.84. The zero-order chi connectivity index (χ0) is 17.3. The lowest BCUT2D eigenvalue weighted by atomic mass is 10.0. The highest BCUT2D eigenvalue weighted by molar-refractivity contribution is 5.76. The van der Waals surface area contributed by atoms with E-state index < -0.39 is 18.2 Å². The van der Waals surface area contributed by atoms with Crippen LogP contribution >= 0.6 is 0 Å². The van der Waals surface area contributed by atoms with Crippen molar-refractivity contribution in [1.82, 2.24) is 4.90 Å². The Hall–Kier alpha value is -1.63. The van der Waals surface area contributed by atoms with Crippen molar-refractivity contribution in [3.63, 3.8) is 0 Å². The number of carbonyl (C=O) groups excluding carboxylic acids is 1. The van der Waals surface area contributed by atoms with Gasteiger partial charge in [-0.3, -0.25) is 4.79 Å². The Morgan fingerprint density at radius 1 is 1.33 bits per heavy atom. The van der Waals surface area contributed by atoms with Gasteiger partial charge in [-0.15, -0.1) is 0 Å². The Labute approximate surface area is 142 Å². The number of ether oxygens (including phenoxy) is 2. The van der Waals surface area contributed by atoms with Crippen LogP contribution in [0.3, 0.4) is 0 Å². The largest absolute Gasteiger partial charge is 0.490 e. The molecule has 0 aromatic heterocycles. The fourth-order valence-electron chi connectivity index (χ4n) is 3.35. The zero-order valence-corrected chi connectivity index (χ0v) is 14.1. The minimum atomic E-state index is -0.966. The van der Waals surface area contributed by atoms with Gasteiger partial charge in [0, 0.05) is 19.9 Å². The van der Waals surface area contributed by atoms with E-state index in [1.165, 1.54) is 10.5 Å². The molecule has 3 rings (SSSR count). The van der Waals surface area contributed by atoms with Crippen molar-refractivity contribution in [1.29, 1.82) is 0 Å². The molecule has 0 bridgehead atoms. The minimum absolute atomic E-state index is 0.0677. The molecule has 0 aliphatic carbocycles. The van der Waals surface area contributed by atoms with Gasteiger partial charge < -0.3 is 24.6 Å². The molecule has 0 radical (unpaired) electrons. The molecule has 1 aromatic carbocycles. The molecule has 24 heavy (non-hydrogen) atoms. The Morgan fingerprint density at radius 3 is 2.92 bits per heavy atom. The highest BCUT2D eigenvalue weighted by atomic mass is 16.5. The van der Waals surface area contributed by atoms with E-state index in [1.54, 1.807) is 7.05 Å². The molecule has 1 amide bonds. The molecule has 6 nitrogen and oxygen atoms in total. The minimum Gasteiger partial charge on any atom is -0.490 e. The average Bonchev–Trinajstić information content (AvgIpc) is 2.93. The number of likely N-dealkylation sites (N-methyl/N-ethyl adjacent to an activating group) is 1. The lowest BCUT2D eigenvalue weighted by Gasteiger charge is -2.37. The molecule has 0 spiro atoms. The second-order valence-corrected chi connectivity index (χ2v) is 6.74. The van der Waals surface area contributed by atoms with Crippen molar-refractivity contribution in [2.45, 2.75) is 50.5 Å². The topological polar surface area (TPSA) is 79.2 Å². The van der Waals surface area contributed by atoms with E-state index in [2.05, 4.69) is 6.07 Å². The molecule has 2 N–H and O–H groups in total. The van der Waals surface area contributed by atoms with Gasteiger partial charge in [0.25, 0.3) is 0 Å². The second kappa shape index (κ2) is 7.09. The first-order valence-corrected chi connectivity index (χ1v) is 8.43. The average molecular weight is 335 g/mol. The second-order valence-electron chi connectivity index (χ2n) is 6.74. The normalized spacial score (nSPS) is 29.0. The monoisotopic (exact) mass is 335 g/mol. The van der Waals surface area contributed by atoms with Crippen LogP contribution in [-0.4, -0.2) is 65.6 Å². The molecular formula is C18H25NO5. The predicted octanol–water partition coefficient (Wildman–Crippen LogP) is 0.522. The number of nitrogens with zero attached hydrogens (tertiary/aromatic N) is 1. The molecule has 1 unspecified atom stereocenters. The van der Waals surface area contributed by atoms with E-state index in [0.29, 0.717) is 12.8 Å². The third-order valence-corrected chi connectivity index (χ3v) is 4.84. The highest BCUT2D eigenvalue weighted by Crippen LogP contribution is 2.29. The number of aliphatic hydroxyl groups is 2. The van der Waals surface area contributed by atoms with Crippen molar-refractivity contribution in [2.75, 3.05) is 20.3 Å². The Balaban J connectivity index is 1.56. The van der Waals surface area contributed by atoms with Crippen LogP contribution in [0.5, 0.6) is 5.75 Å². The van der Waals surface area contributed by atoms with Crippen LogP contribution in [-0.2, 0) is 22.4 Å². The number of hydrogen-bond acceptors (Lipinski definition) is 5. The van der Waals surface area contributed by atoms with Gasteiger partial charge in [-0.05, 0) is 30.5 Å². The summed E-state index contributed by atoms with van der Waals surface area (Å²) in [7, 11) is 1.65. The van der Waals surface area contributed by atoms with Gasteiger partial charge in [-0.25, -0.2) is 0 Å². The van der Waals surface area contributed by atoms with Crippen molar-refractivity contribution in [3.05, 3.63) is 29.3 Å². The van der Waals surface area contributed by atoms with Gasteiger partial charge in [0.05, 0.1) is 19.3 Å². The number of fused-ring (bicyclic) bond motifs is 1. The van der Waals surface area contributed by atoms with Crippen LogP contribution in [0.25, 0.3) is 0 Å². The number of hydrogen-bond donors (Lipinski definition) is 2. The highest BCUT2D eigenvalue weighted by Gasteiger charge is 2.35. The fourth-order valence-corrected chi connectivity index (χ4v) is 3.35. The number of aryl methyl sites for hydroxylation is 1. The number of carbonyl (C=O) groups is 1. The summed E-state index contributed by atoms with van der Waals surface area (Å²) in [5.41, 5.74) is 2.30. The van der Waals surface area contributed by atoms with E-state index in [-0.39, 0.29) is 25.2 Å². The van der Waals surface area contributed by atoms with Gasteiger partial charge >= 0.3 is 0 Å². The van der Waals surface area contributed by atoms with Gasteiger partial charge in [-0.2, -0.15) is 0 Å². The summed E-state index contributed by atoms with van der Waals surface area (Å²) in [6.07, 6.45) is 0.189. The number of amides is 1. The smallest absolute Gasteiger partial charge is 0.223 e. The van der Waals surface area contributed by atoms with Gasteiger partial charge in [0.15, 0.2) is 0 Å². The van der Waals surface area contributed by atoms with Crippen LogP contribution in [0.2, 0.25) is 0 Å². The Bertz CT molecular complexity index is 605. The predicted molar refractivity (Wildman–Crippen MR) is 87.9 cm³/mol. The van der Waals surface area contributed by atoms with Crippen LogP contribution in [0, 0.1) is 0 Å². The maximum atomic E-state index is 12.4. The van der Waals surface area contributed by atoms with E-state index >= 15 is 0 Å². The molecule has 1 saturated heterocycles. The van der Waals surface area contributed by atoms with Gasteiger partial charge in [-0.1, -0.05) is 12.1 Å². The Morgan fingerprint density at radius 2 is 2.12 bits per heavy atom. The fraction of sp³-hybridized carbons (Fsp3) is 0.611. The van der Waals surface area contributed by atoms with Gasteiger partial charge in [0.2, 0.25) is 5.91 Å². The zero-order valence-electron chi connectivity index (χ0n) is 14.1. The summed E-state index contributed by atoms with van der Waals surface area (Å²) in [5, 5.41) is 19.7. The number of rotatable bonds is 4. The van der Waals surface area contributed by atoms with Crippen molar-refractivity contribution >= 4 is 5.91 Å². The molecule has 1 aromatic rings. The summed E-state index contributed by atoms with van der Waals surface area (Å²) in [5.74, 6) is 0.869. The summed E-state index contributed by atoms with van der Waals surface area (Å²) in [4.78, 5) is 13.9. The van der Waals surface area contributed by atoms with E-state index in [0.717, 1.165) is 17.7 Å². The SMILES string of the molecule is CC1Cc2cc(CCC(=O)N(C)[C@@H]3COC[C@@H](O)[C@H]3O)ccc2O1. The van der Waals surface area contributed by atoms with Crippen molar-refractivity contribution in [3.8, 4) is 5.75 Å². The standard InChI is InChI=1S/C18H25NO5/c1-11-7-13-8-12(3-5-16(13)24-11)4-6-17(21)19(2)14-9-23-10-15(20)18(14)22/h3,5,8,11,14-15,18,20,22H,4,6-7,9-10H2,1-2H3/t11?,14-,15-,18+/m1/s1. The summed E-state index contributed by atoms with van der Waals surface area (Å²) in [6.45, 7) is 2.40. The molecular weight excluding hydrogens is 310 g/mol. The lowest BCUT2D eigenvalue weighted by molar-refractivity contribution is -0.153. The van der Waals surface area contributed by atoms with Crippen LogP contribution in [0.15, 0.2) is 18.2 Å². The molecule has 2 heterocycles. The summed E-state index contributed by atoms with van der Waals surface area (Å²) >= 11 is 0. The van der Waals surface area contributed by atoms with Crippen LogP contribution < -0.4 is 4.74 Å². The molecule has 4 atom stereocenters. The molecule has 0 saturated carbocycles. The third kappa shape index (κ3) is 3.55.